The van der Waals surface area contributed by atoms with Crippen LogP contribution in [-0.4, -0.2) is 72.1 Å². The molecule has 1 saturated heterocycles. The molecule has 0 bridgehead atoms. The molecule has 6 heteroatoms. The Hall–Kier alpha value is -1.14. The van der Waals surface area contributed by atoms with Crippen molar-refractivity contribution in [3.8, 4) is 0 Å². The van der Waals surface area contributed by atoms with Gasteiger partial charge in [-0.2, -0.15) is 0 Å². The van der Waals surface area contributed by atoms with Crippen molar-refractivity contribution in [1.29, 1.82) is 0 Å². The molecule has 0 radical (unpaired) electrons. The summed E-state index contributed by atoms with van der Waals surface area (Å²) in [4.78, 5) is 27.4. The number of carboxylic acid groups (broad SMARTS) is 1. The van der Waals surface area contributed by atoms with Crippen LogP contribution in [0.25, 0.3) is 0 Å². The lowest BCUT2D eigenvalue weighted by Gasteiger charge is -2.30. The van der Waals surface area contributed by atoms with E-state index in [4.69, 9.17) is 5.11 Å². The molecule has 1 saturated carbocycles. The van der Waals surface area contributed by atoms with E-state index in [9.17, 15) is 9.59 Å². The molecule has 24 heavy (non-hydrogen) atoms. The summed E-state index contributed by atoms with van der Waals surface area (Å²) in [5.74, 6) is -0.0495. The second-order valence-electron chi connectivity index (χ2n) is 7.61. The van der Waals surface area contributed by atoms with Crippen molar-refractivity contribution in [3.05, 3.63) is 0 Å². The van der Waals surface area contributed by atoms with Crippen LogP contribution in [-0.2, 0) is 9.59 Å². The number of carbonyl (C=O) groups excluding carboxylic acids is 1. The first kappa shape index (κ1) is 19.2. The maximum Gasteiger partial charge on any atom is 0.317 e. The number of likely N-dealkylation sites (tertiary alicyclic amines) is 1. The maximum absolute atomic E-state index is 12.4. The maximum atomic E-state index is 12.4. The van der Waals surface area contributed by atoms with Crippen molar-refractivity contribution in [1.82, 2.24) is 15.1 Å². The molecule has 3 unspecified atom stereocenters. The molecule has 1 amide bonds. The van der Waals surface area contributed by atoms with Crippen LogP contribution < -0.4 is 5.32 Å². The minimum Gasteiger partial charge on any atom is -0.480 e. The fraction of sp³-hybridized carbons (Fsp3) is 0.889. The average Bonchev–Trinajstić information content (AvgIpc) is 2.74. The van der Waals surface area contributed by atoms with E-state index in [-0.39, 0.29) is 12.5 Å². The Bertz CT molecular complexity index is 430. The van der Waals surface area contributed by atoms with E-state index in [1.54, 1.807) is 0 Å². The minimum absolute atomic E-state index is 0.0880. The number of aliphatic carboxylic acids is 1. The summed E-state index contributed by atoms with van der Waals surface area (Å²) in [6.07, 6.45) is 7.77. The Labute approximate surface area is 145 Å². The summed E-state index contributed by atoms with van der Waals surface area (Å²) in [7, 11) is 1.88. The SMILES string of the molecule is CC1CCCCC1NC(=O)CN1CCCC(N(C)CC(=O)O)CC1. The number of hydrogen-bond acceptors (Lipinski definition) is 4. The molecule has 1 heterocycles. The number of carbonyl (C=O) groups is 2. The summed E-state index contributed by atoms with van der Waals surface area (Å²) in [6.45, 7) is 4.58. The third-order valence-corrected chi connectivity index (χ3v) is 5.62. The molecule has 0 aromatic carbocycles. The van der Waals surface area contributed by atoms with Crippen molar-refractivity contribution in [2.45, 2.75) is 64.0 Å². The largest absolute Gasteiger partial charge is 0.480 e. The van der Waals surface area contributed by atoms with Crippen LogP contribution in [0, 0.1) is 5.92 Å². The highest BCUT2D eigenvalue weighted by molar-refractivity contribution is 5.78. The Morgan fingerprint density at radius 1 is 1.12 bits per heavy atom. The first-order valence-electron chi connectivity index (χ1n) is 9.39. The van der Waals surface area contributed by atoms with Gasteiger partial charge in [0.25, 0.3) is 0 Å². The van der Waals surface area contributed by atoms with Gasteiger partial charge in [-0.3, -0.25) is 19.4 Å². The van der Waals surface area contributed by atoms with Gasteiger partial charge in [0.15, 0.2) is 0 Å². The van der Waals surface area contributed by atoms with E-state index in [1.165, 1.54) is 19.3 Å². The smallest absolute Gasteiger partial charge is 0.317 e. The predicted octanol–water partition coefficient (Wildman–Crippen LogP) is 1.55. The van der Waals surface area contributed by atoms with Crippen LogP contribution in [0.1, 0.15) is 51.9 Å². The van der Waals surface area contributed by atoms with Gasteiger partial charge >= 0.3 is 5.97 Å². The van der Waals surface area contributed by atoms with Crippen molar-refractivity contribution >= 4 is 11.9 Å². The van der Waals surface area contributed by atoms with E-state index in [2.05, 4.69) is 17.1 Å². The van der Waals surface area contributed by atoms with Gasteiger partial charge < -0.3 is 10.4 Å². The van der Waals surface area contributed by atoms with E-state index in [1.807, 2.05) is 11.9 Å². The van der Waals surface area contributed by atoms with Gasteiger partial charge in [-0.05, 0) is 51.6 Å². The molecule has 6 nitrogen and oxygen atoms in total. The second-order valence-corrected chi connectivity index (χ2v) is 7.61. The van der Waals surface area contributed by atoms with Crippen molar-refractivity contribution in [3.63, 3.8) is 0 Å². The van der Waals surface area contributed by atoms with E-state index >= 15 is 0 Å². The van der Waals surface area contributed by atoms with Gasteiger partial charge in [-0.1, -0.05) is 19.8 Å². The molecule has 3 atom stereocenters. The van der Waals surface area contributed by atoms with Crippen molar-refractivity contribution < 1.29 is 14.7 Å². The zero-order chi connectivity index (χ0) is 17.5. The first-order chi connectivity index (χ1) is 11.5. The fourth-order valence-electron chi connectivity index (χ4n) is 4.07. The molecular weight excluding hydrogens is 306 g/mol. The normalized spacial score (nSPS) is 29.2. The number of amides is 1. The topological polar surface area (TPSA) is 72.9 Å². The molecule has 2 aliphatic rings. The molecule has 0 spiro atoms. The van der Waals surface area contributed by atoms with Gasteiger partial charge in [0.2, 0.25) is 5.91 Å². The third-order valence-electron chi connectivity index (χ3n) is 5.62. The highest BCUT2D eigenvalue weighted by Gasteiger charge is 2.25. The number of likely N-dealkylation sites (N-methyl/N-ethyl adjacent to an activating group) is 1. The molecule has 0 aromatic heterocycles. The molecule has 2 N–H and O–H groups in total. The molecule has 0 aromatic rings. The molecular formula is C18H33N3O3. The van der Waals surface area contributed by atoms with Gasteiger partial charge in [-0.25, -0.2) is 0 Å². The second kappa shape index (κ2) is 9.37. The van der Waals surface area contributed by atoms with Gasteiger partial charge in [0.1, 0.15) is 0 Å². The first-order valence-corrected chi connectivity index (χ1v) is 9.39. The lowest BCUT2D eigenvalue weighted by Crippen LogP contribution is -2.46. The Kier molecular flexibility index (Phi) is 7.49. The molecule has 138 valence electrons. The number of carboxylic acids is 1. The quantitative estimate of drug-likeness (QED) is 0.768. The highest BCUT2D eigenvalue weighted by Crippen LogP contribution is 2.23. The summed E-state index contributed by atoms with van der Waals surface area (Å²) in [5, 5.41) is 12.2. The molecule has 2 rings (SSSR count). The lowest BCUT2D eigenvalue weighted by molar-refractivity contribution is -0.138. The fourth-order valence-corrected chi connectivity index (χ4v) is 4.07. The Morgan fingerprint density at radius 2 is 1.88 bits per heavy atom. The summed E-state index contributed by atoms with van der Waals surface area (Å²) in [5.41, 5.74) is 0. The summed E-state index contributed by atoms with van der Waals surface area (Å²) < 4.78 is 0. The zero-order valence-electron chi connectivity index (χ0n) is 15.2. The lowest BCUT2D eigenvalue weighted by atomic mass is 9.86. The van der Waals surface area contributed by atoms with Crippen molar-refractivity contribution in [2.24, 2.45) is 5.92 Å². The standard InChI is InChI=1S/C18H33N3O3/c1-14-6-3-4-8-16(14)19-17(22)12-21-10-5-7-15(9-11-21)20(2)13-18(23)24/h14-16H,3-13H2,1-2H3,(H,19,22)(H,23,24). The Balaban J connectivity index is 1.75. The minimum atomic E-state index is -0.778. The zero-order valence-corrected chi connectivity index (χ0v) is 15.2. The van der Waals surface area contributed by atoms with Gasteiger partial charge in [-0.15, -0.1) is 0 Å². The third kappa shape index (κ3) is 6.06. The highest BCUT2D eigenvalue weighted by atomic mass is 16.4. The number of nitrogens with one attached hydrogen (secondary N) is 1. The number of nitrogens with zero attached hydrogens (tertiary/aromatic N) is 2. The van der Waals surface area contributed by atoms with Crippen LogP contribution >= 0.6 is 0 Å². The van der Waals surface area contributed by atoms with E-state index in [0.717, 1.165) is 38.8 Å². The molecule has 1 aliphatic heterocycles. The van der Waals surface area contributed by atoms with Crippen molar-refractivity contribution in [2.75, 3.05) is 33.2 Å². The Morgan fingerprint density at radius 3 is 2.58 bits per heavy atom. The van der Waals surface area contributed by atoms with Crippen LogP contribution in [0.5, 0.6) is 0 Å². The molecule has 2 fully saturated rings. The van der Waals surface area contributed by atoms with Crippen LogP contribution in [0.3, 0.4) is 0 Å². The van der Waals surface area contributed by atoms with Crippen LogP contribution in [0.2, 0.25) is 0 Å². The van der Waals surface area contributed by atoms with Crippen LogP contribution in [0.4, 0.5) is 0 Å². The number of rotatable bonds is 6. The number of hydrogen-bond donors (Lipinski definition) is 2. The predicted molar refractivity (Wildman–Crippen MR) is 93.9 cm³/mol. The van der Waals surface area contributed by atoms with Gasteiger partial charge in [0, 0.05) is 18.6 Å². The van der Waals surface area contributed by atoms with E-state index in [0.29, 0.717) is 24.5 Å². The van der Waals surface area contributed by atoms with Crippen LogP contribution in [0.15, 0.2) is 0 Å². The average molecular weight is 339 g/mol. The summed E-state index contributed by atoms with van der Waals surface area (Å²) in [6, 6.07) is 0.639. The monoisotopic (exact) mass is 339 g/mol. The molecule has 1 aliphatic carbocycles. The van der Waals surface area contributed by atoms with E-state index < -0.39 is 5.97 Å². The summed E-state index contributed by atoms with van der Waals surface area (Å²) >= 11 is 0. The van der Waals surface area contributed by atoms with Gasteiger partial charge in [0.05, 0.1) is 13.1 Å².